The molecule has 94 valence electrons. The zero-order chi connectivity index (χ0) is 12.4. The predicted molar refractivity (Wildman–Crippen MR) is 65.8 cm³/mol. The van der Waals surface area contributed by atoms with Gasteiger partial charge in [0.2, 0.25) is 0 Å². The molecule has 1 aliphatic heterocycles. The molecule has 1 saturated heterocycles. The summed E-state index contributed by atoms with van der Waals surface area (Å²) in [6.45, 7) is 5.37. The number of carboxylic acid groups (broad SMARTS) is 1. The lowest BCUT2D eigenvalue weighted by atomic mass is 10.0. The third-order valence-electron chi connectivity index (χ3n) is 3.04. The van der Waals surface area contributed by atoms with E-state index in [0.717, 1.165) is 19.6 Å². The predicted octanol–water partition coefficient (Wildman–Crippen LogP) is 1.99. The molecule has 0 radical (unpaired) electrons. The molecule has 1 aliphatic rings. The summed E-state index contributed by atoms with van der Waals surface area (Å²) in [5, 5.41) is 12.8. The molecule has 1 aromatic heterocycles. The van der Waals surface area contributed by atoms with E-state index in [1.165, 1.54) is 11.3 Å². The molecule has 2 N–H and O–H groups in total. The fourth-order valence-electron chi connectivity index (χ4n) is 1.93. The second-order valence-electron chi connectivity index (χ2n) is 4.24. The van der Waals surface area contributed by atoms with E-state index in [2.05, 4.69) is 17.2 Å². The van der Waals surface area contributed by atoms with Crippen LogP contribution in [0.5, 0.6) is 0 Å². The Balaban J connectivity index is 1.95. The number of carboxylic acids is 1. The average molecular weight is 256 g/mol. The monoisotopic (exact) mass is 256 g/mol. The van der Waals surface area contributed by atoms with Crippen molar-refractivity contribution in [2.75, 3.05) is 18.5 Å². The van der Waals surface area contributed by atoms with Crippen LogP contribution < -0.4 is 5.32 Å². The van der Waals surface area contributed by atoms with Crippen molar-refractivity contribution in [2.45, 2.75) is 26.4 Å². The highest BCUT2D eigenvalue weighted by Gasteiger charge is 2.24. The standard InChI is InChI=1S/C11H16N2O3S/c1-6-9(10(14)15)17-11(13-6)12-5-8-3-4-16-7(8)2/h7-8H,3-5H2,1-2H3,(H,12,13)(H,14,15). The van der Waals surface area contributed by atoms with E-state index >= 15 is 0 Å². The summed E-state index contributed by atoms with van der Waals surface area (Å²) in [4.78, 5) is 15.4. The van der Waals surface area contributed by atoms with Crippen molar-refractivity contribution in [3.63, 3.8) is 0 Å². The van der Waals surface area contributed by atoms with E-state index in [1.807, 2.05) is 0 Å². The molecule has 0 aliphatic carbocycles. The van der Waals surface area contributed by atoms with Crippen LogP contribution >= 0.6 is 11.3 Å². The van der Waals surface area contributed by atoms with Gasteiger partial charge in [-0.3, -0.25) is 0 Å². The maximum Gasteiger partial charge on any atom is 0.347 e. The van der Waals surface area contributed by atoms with Gasteiger partial charge in [-0.25, -0.2) is 9.78 Å². The molecule has 0 amide bonds. The number of aromatic carboxylic acids is 1. The molecule has 2 atom stereocenters. The Bertz CT molecular complexity index is 419. The molecule has 0 aromatic carbocycles. The third-order valence-corrected chi connectivity index (χ3v) is 4.14. The van der Waals surface area contributed by atoms with Crippen LogP contribution in [0.25, 0.3) is 0 Å². The van der Waals surface area contributed by atoms with E-state index in [1.54, 1.807) is 6.92 Å². The van der Waals surface area contributed by atoms with Crippen molar-refractivity contribution in [2.24, 2.45) is 5.92 Å². The molecule has 17 heavy (non-hydrogen) atoms. The van der Waals surface area contributed by atoms with Crippen molar-refractivity contribution in [1.29, 1.82) is 0 Å². The van der Waals surface area contributed by atoms with Gasteiger partial charge in [0.05, 0.1) is 11.8 Å². The molecule has 2 rings (SSSR count). The minimum absolute atomic E-state index is 0.266. The van der Waals surface area contributed by atoms with E-state index < -0.39 is 5.97 Å². The summed E-state index contributed by atoms with van der Waals surface area (Å²) in [5.74, 6) is -0.432. The van der Waals surface area contributed by atoms with Crippen molar-refractivity contribution in [3.8, 4) is 0 Å². The Morgan fingerprint density at radius 2 is 2.47 bits per heavy atom. The molecule has 0 saturated carbocycles. The molecule has 2 unspecified atom stereocenters. The number of rotatable bonds is 4. The first-order chi connectivity index (χ1) is 8.08. The number of thiazole rings is 1. The first-order valence-electron chi connectivity index (χ1n) is 5.64. The van der Waals surface area contributed by atoms with Gasteiger partial charge < -0.3 is 15.2 Å². The minimum Gasteiger partial charge on any atom is -0.477 e. The zero-order valence-electron chi connectivity index (χ0n) is 9.90. The van der Waals surface area contributed by atoms with Gasteiger partial charge >= 0.3 is 5.97 Å². The molecular weight excluding hydrogens is 240 g/mol. The largest absolute Gasteiger partial charge is 0.477 e. The lowest BCUT2D eigenvalue weighted by Crippen LogP contribution is -2.20. The minimum atomic E-state index is -0.911. The van der Waals surface area contributed by atoms with Crippen molar-refractivity contribution in [1.82, 2.24) is 4.98 Å². The fraction of sp³-hybridized carbons (Fsp3) is 0.636. The van der Waals surface area contributed by atoms with Crippen LogP contribution in [0.2, 0.25) is 0 Å². The molecular formula is C11H16N2O3S. The highest BCUT2D eigenvalue weighted by Crippen LogP contribution is 2.25. The van der Waals surface area contributed by atoms with Crippen LogP contribution in [-0.4, -0.2) is 35.3 Å². The van der Waals surface area contributed by atoms with E-state index in [4.69, 9.17) is 9.84 Å². The Morgan fingerprint density at radius 3 is 3.00 bits per heavy atom. The van der Waals surface area contributed by atoms with Crippen LogP contribution in [0, 0.1) is 12.8 Å². The number of anilines is 1. The first-order valence-corrected chi connectivity index (χ1v) is 6.45. The maximum absolute atomic E-state index is 10.9. The zero-order valence-corrected chi connectivity index (χ0v) is 10.7. The Hall–Kier alpha value is -1.14. The number of ether oxygens (including phenoxy) is 1. The molecule has 0 spiro atoms. The number of carbonyl (C=O) groups is 1. The van der Waals surface area contributed by atoms with Gasteiger partial charge in [0.1, 0.15) is 4.88 Å². The quantitative estimate of drug-likeness (QED) is 0.862. The molecule has 1 aromatic rings. The Labute approximate surface area is 104 Å². The summed E-state index contributed by atoms with van der Waals surface area (Å²) in [7, 11) is 0. The lowest BCUT2D eigenvalue weighted by molar-refractivity contribution is 0.0701. The summed E-state index contributed by atoms with van der Waals surface area (Å²) in [5.41, 5.74) is 0.570. The summed E-state index contributed by atoms with van der Waals surface area (Å²) < 4.78 is 5.47. The molecule has 0 bridgehead atoms. The van der Waals surface area contributed by atoms with Gasteiger partial charge in [-0.1, -0.05) is 11.3 Å². The van der Waals surface area contributed by atoms with Gasteiger partial charge in [-0.2, -0.15) is 0 Å². The highest BCUT2D eigenvalue weighted by molar-refractivity contribution is 7.17. The second-order valence-corrected chi connectivity index (χ2v) is 5.24. The number of hydrogen-bond acceptors (Lipinski definition) is 5. The van der Waals surface area contributed by atoms with Crippen molar-refractivity contribution in [3.05, 3.63) is 10.6 Å². The second kappa shape index (κ2) is 5.01. The Kier molecular flexibility index (Phi) is 3.63. The van der Waals surface area contributed by atoms with Gasteiger partial charge in [0.15, 0.2) is 5.13 Å². The molecule has 5 nitrogen and oxygen atoms in total. The lowest BCUT2D eigenvalue weighted by Gasteiger charge is -2.13. The van der Waals surface area contributed by atoms with Gasteiger partial charge in [-0.15, -0.1) is 0 Å². The van der Waals surface area contributed by atoms with Gasteiger partial charge in [0, 0.05) is 19.1 Å². The van der Waals surface area contributed by atoms with Crippen molar-refractivity contribution >= 4 is 22.4 Å². The van der Waals surface area contributed by atoms with Crippen LogP contribution in [0.1, 0.15) is 28.7 Å². The number of nitrogens with zero attached hydrogens (tertiary/aromatic N) is 1. The summed E-state index contributed by atoms with van der Waals surface area (Å²) in [6, 6.07) is 0. The number of nitrogens with one attached hydrogen (secondary N) is 1. The first kappa shape index (κ1) is 12.3. The maximum atomic E-state index is 10.9. The number of hydrogen-bond donors (Lipinski definition) is 2. The normalized spacial score (nSPS) is 23.9. The van der Waals surface area contributed by atoms with Gasteiger partial charge in [0.25, 0.3) is 0 Å². The highest BCUT2D eigenvalue weighted by atomic mass is 32.1. The van der Waals surface area contributed by atoms with Crippen LogP contribution in [0.3, 0.4) is 0 Å². The number of aromatic nitrogens is 1. The summed E-state index contributed by atoms with van der Waals surface area (Å²) >= 11 is 1.19. The van der Waals surface area contributed by atoms with E-state index in [0.29, 0.717) is 21.6 Å². The SMILES string of the molecule is Cc1nc(NCC2CCOC2C)sc1C(=O)O. The summed E-state index contributed by atoms with van der Waals surface area (Å²) in [6.07, 6.45) is 1.31. The molecule has 6 heteroatoms. The van der Waals surface area contributed by atoms with Crippen LogP contribution in [0.15, 0.2) is 0 Å². The van der Waals surface area contributed by atoms with E-state index in [-0.39, 0.29) is 6.10 Å². The third kappa shape index (κ3) is 2.76. The van der Waals surface area contributed by atoms with Crippen LogP contribution in [-0.2, 0) is 4.74 Å². The van der Waals surface area contributed by atoms with Gasteiger partial charge in [-0.05, 0) is 20.3 Å². The number of aryl methyl sites for hydroxylation is 1. The molecule has 1 fully saturated rings. The fourth-order valence-corrected chi connectivity index (χ4v) is 2.75. The van der Waals surface area contributed by atoms with Crippen LogP contribution in [0.4, 0.5) is 5.13 Å². The topological polar surface area (TPSA) is 71.5 Å². The van der Waals surface area contributed by atoms with Crippen molar-refractivity contribution < 1.29 is 14.6 Å². The Morgan fingerprint density at radius 1 is 1.71 bits per heavy atom. The molecule has 2 heterocycles. The van der Waals surface area contributed by atoms with E-state index in [9.17, 15) is 4.79 Å². The average Bonchev–Trinajstić information content (AvgIpc) is 2.82. The smallest absolute Gasteiger partial charge is 0.347 e.